The third-order valence-electron chi connectivity index (χ3n) is 4.10. The van der Waals surface area contributed by atoms with Crippen LogP contribution >= 0.6 is 0 Å². The van der Waals surface area contributed by atoms with Crippen molar-refractivity contribution in [1.29, 1.82) is 0 Å². The van der Waals surface area contributed by atoms with Gasteiger partial charge in [0.2, 0.25) is 0 Å². The molecule has 0 N–H and O–H groups in total. The highest BCUT2D eigenvalue weighted by molar-refractivity contribution is 6.37. The predicted molar refractivity (Wildman–Crippen MR) is 97.9 cm³/mol. The van der Waals surface area contributed by atoms with Gasteiger partial charge in [0.05, 0.1) is 23.5 Å². The van der Waals surface area contributed by atoms with Crippen molar-refractivity contribution < 1.29 is 19.1 Å². The smallest absolute Gasteiger partial charge is 0.281 e. The number of anilines is 1. The summed E-state index contributed by atoms with van der Waals surface area (Å²) in [6, 6.07) is 18.6. The molecule has 0 bridgehead atoms. The molecule has 2 heterocycles. The summed E-state index contributed by atoms with van der Waals surface area (Å²) in [5, 5.41) is 16.6. The van der Waals surface area contributed by atoms with E-state index < -0.39 is 5.97 Å². The summed E-state index contributed by atoms with van der Waals surface area (Å²) < 4.78 is 5.34. The molecule has 0 saturated heterocycles. The van der Waals surface area contributed by atoms with Gasteiger partial charge in [-0.05, 0) is 35.9 Å². The number of benzene rings is 2. The second-order valence-electron chi connectivity index (χ2n) is 5.84. The van der Waals surface area contributed by atoms with Gasteiger partial charge in [-0.1, -0.05) is 42.5 Å². The number of furan rings is 1. The largest absolute Gasteiger partial charge is 0.545 e. The van der Waals surface area contributed by atoms with E-state index in [0.29, 0.717) is 22.7 Å². The first-order valence-corrected chi connectivity index (χ1v) is 8.19. The van der Waals surface area contributed by atoms with Gasteiger partial charge in [-0.3, -0.25) is 4.79 Å². The predicted octanol–water partition coefficient (Wildman–Crippen LogP) is 2.48. The minimum absolute atomic E-state index is 0.0315. The van der Waals surface area contributed by atoms with Crippen LogP contribution in [0, 0.1) is 0 Å². The van der Waals surface area contributed by atoms with E-state index >= 15 is 0 Å². The molecule has 27 heavy (non-hydrogen) atoms. The number of amides is 1. The van der Waals surface area contributed by atoms with Crippen molar-refractivity contribution in [2.75, 3.05) is 5.01 Å². The monoisotopic (exact) mass is 357 g/mol. The van der Waals surface area contributed by atoms with Gasteiger partial charge >= 0.3 is 0 Å². The lowest BCUT2D eigenvalue weighted by Gasteiger charge is -2.12. The summed E-state index contributed by atoms with van der Waals surface area (Å²) in [5.41, 5.74) is 2.18. The van der Waals surface area contributed by atoms with E-state index in [1.807, 2.05) is 30.3 Å². The first kappa shape index (κ1) is 16.5. The van der Waals surface area contributed by atoms with Crippen molar-refractivity contribution in [3.63, 3.8) is 0 Å². The van der Waals surface area contributed by atoms with Crippen molar-refractivity contribution >= 4 is 29.4 Å². The maximum absolute atomic E-state index is 13.0. The Hall–Kier alpha value is -3.93. The molecule has 0 spiro atoms. The maximum atomic E-state index is 13.0. The fourth-order valence-corrected chi connectivity index (χ4v) is 2.78. The molecule has 0 fully saturated rings. The summed E-state index contributed by atoms with van der Waals surface area (Å²) in [4.78, 5) is 23.9. The molecule has 132 valence electrons. The number of nitrogens with zero attached hydrogens (tertiary/aromatic N) is 2. The van der Waals surface area contributed by atoms with E-state index in [4.69, 9.17) is 4.42 Å². The van der Waals surface area contributed by atoms with Gasteiger partial charge in [0.15, 0.2) is 0 Å². The second kappa shape index (κ2) is 6.76. The minimum atomic E-state index is -1.28. The molecule has 2 aromatic carbocycles. The molecule has 0 aliphatic carbocycles. The average Bonchev–Trinajstić information content (AvgIpc) is 3.32. The molecule has 1 amide bonds. The van der Waals surface area contributed by atoms with Gasteiger partial charge in [0.1, 0.15) is 11.5 Å². The van der Waals surface area contributed by atoms with Crippen LogP contribution in [0.3, 0.4) is 0 Å². The number of carboxylic acid groups (broad SMARTS) is 1. The normalized spacial score (nSPS) is 15.3. The Labute approximate surface area is 154 Å². The van der Waals surface area contributed by atoms with Gasteiger partial charge in [0, 0.05) is 5.56 Å². The van der Waals surface area contributed by atoms with E-state index in [1.165, 1.54) is 35.5 Å². The Balaban J connectivity index is 1.78. The number of hydrogen-bond acceptors (Lipinski definition) is 5. The highest BCUT2D eigenvalue weighted by Crippen LogP contribution is 2.28. The van der Waals surface area contributed by atoms with Crippen LogP contribution in [0.5, 0.6) is 0 Å². The van der Waals surface area contributed by atoms with Crippen molar-refractivity contribution in [2.45, 2.75) is 0 Å². The van der Waals surface area contributed by atoms with Crippen LogP contribution in [0.15, 0.2) is 88.1 Å². The Morgan fingerprint density at radius 3 is 2.37 bits per heavy atom. The fraction of sp³-hybridized carbons (Fsp3) is 0. The van der Waals surface area contributed by atoms with E-state index in [1.54, 1.807) is 18.2 Å². The number of hydrazone groups is 1. The van der Waals surface area contributed by atoms with Crippen LogP contribution in [-0.2, 0) is 4.79 Å². The Morgan fingerprint density at radius 1 is 1.00 bits per heavy atom. The van der Waals surface area contributed by atoms with Crippen LogP contribution in [0.25, 0.3) is 6.08 Å². The Morgan fingerprint density at radius 2 is 1.74 bits per heavy atom. The van der Waals surface area contributed by atoms with Gasteiger partial charge < -0.3 is 14.3 Å². The number of aromatic carboxylic acids is 1. The van der Waals surface area contributed by atoms with Crippen LogP contribution in [0.4, 0.5) is 5.69 Å². The maximum Gasteiger partial charge on any atom is 0.281 e. The summed E-state index contributed by atoms with van der Waals surface area (Å²) in [6.07, 6.45) is 3.17. The van der Waals surface area contributed by atoms with E-state index in [2.05, 4.69) is 5.10 Å². The van der Waals surface area contributed by atoms with E-state index in [9.17, 15) is 14.7 Å². The minimum Gasteiger partial charge on any atom is -0.545 e. The molecule has 0 atom stereocenters. The van der Waals surface area contributed by atoms with Gasteiger partial charge in [0.25, 0.3) is 5.91 Å². The van der Waals surface area contributed by atoms with Crippen LogP contribution in [0.2, 0.25) is 0 Å². The number of rotatable bonds is 4. The third-order valence-corrected chi connectivity index (χ3v) is 4.10. The summed E-state index contributed by atoms with van der Waals surface area (Å²) in [7, 11) is 0. The average molecular weight is 357 g/mol. The Bertz CT molecular complexity index is 1050. The van der Waals surface area contributed by atoms with Gasteiger partial charge in [-0.15, -0.1) is 0 Å². The fourth-order valence-electron chi connectivity index (χ4n) is 2.78. The molecule has 1 aliphatic rings. The molecule has 1 aliphatic heterocycles. The molecule has 0 radical (unpaired) electrons. The SMILES string of the molecule is O=C([O-])c1ccc(N2N=C(c3ccccc3)/C(=C/c3ccco3)C2=O)cc1. The first-order chi connectivity index (χ1) is 13.1. The van der Waals surface area contributed by atoms with Crippen LogP contribution < -0.4 is 10.1 Å². The number of carbonyl (C=O) groups excluding carboxylic acids is 2. The summed E-state index contributed by atoms with van der Waals surface area (Å²) >= 11 is 0. The topological polar surface area (TPSA) is 85.9 Å². The highest BCUT2D eigenvalue weighted by Gasteiger charge is 2.32. The zero-order valence-electron chi connectivity index (χ0n) is 14.0. The number of carbonyl (C=O) groups is 2. The van der Waals surface area contributed by atoms with Crippen LogP contribution in [-0.4, -0.2) is 17.6 Å². The summed E-state index contributed by atoms with van der Waals surface area (Å²) in [5.74, 6) is -1.07. The highest BCUT2D eigenvalue weighted by atomic mass is 16.4. The molecule has 4 rings (SSSR count). The Kier molecular flexibility index (Phi) is 4.14. The lowest BCUT2D eigenvalue weighted by atomic mass is 10.0. The molecule has 6 heteroatoms. The van der Waals surface area contributed by atoms with Gasteiger partial charge in [-0.25, -0.2) is 0 Å². The summed E-state index contributed by atoms with van der Waals surface area (Å²) in [6.45, 7) is 0. The van der Waals surface area contributed by atoms with E-state index in [0.717, 1.165) is 5.56 Å². The van der Waals surface area contributed by atoms with Crippen molar-refractivity contribution in [2.24, 2.45) is 5.10 Å². The van der Waals surface area contributed by atoms with E-state index in [-0.39, 0.29) is 11.5 Å². The number of carboxylic acids is 1. The van der Waals surface area contributed by atoms with Crippen molar-refractivity contribution in [3.05, 3.63) is 95.5 Å². The lowest BCUT2D eigenvalue weighted by Crippen LogP contribution is -2.23. The van der Waals surface area contributed by atoms with Crippen LogP contribution in [0.1, 0.15) is 21.7 Å². The zero-order chi connectivity index (χ0) is 18.8. The molecule has 3 aromatic rings. The number of hydrogen-bond donors (Lipinski definition) is 0. The molecule has 6 nitrogen and oxygen atoms in total. The third kappa shape index (κ3) is 3.16. The molecule has 0 unspecified atom stereocenters. The molecule has 1 aromatic heterocycles. The first-order valence-electron chi connectivity index (χ1n) is 8.19. The quantitative estimate of drug-likeness (QED) is 0.671. The van der Waals surface area contributed by atoms with Crippen molar-refractivity contribution in [3.8, 4) is 0 Å². The zero-order valence-corrected chi connectivity index (χ0v) is 14.0. The molecular weight excluding hydrogens is 344 g/mol. The second-order valence-corrected chi connectivity index (χ2v) is 5.84. The molecule has 0 saturated carbocycles. The standard InChI is InChI=1S/C21H14N2O4/c24-20-18(13-17-7-4-12-27-17)19(14-5-2-1-3-6-14)22-23(20)16-10-8-15(9-11-16)21(25)26/h1-13H,(H,25,26)/p-1/b18-13-. The molecular formula is C21H13N2O4-. The van der Waals surface area contributed by atoms with Crippen molar-refractivity contribution in [1.82, 2.24) is 0 Å². The lowest BCUT2D eigenvalue weighted by molar-refractivity contribution is -0.255. The van der Waals surface area contributed by atoms with Gasteiger partial charge in [-0.2, -0.15) is 10.1 Å².